The molecule has 0 aliphatic carbocycles. The van der Waals surface area contributed by atoms with Crippen molar-refractivity contribution in [3.05, 3.63) is 11.8 Å². The summed E-state index contributed by atoms with van der Waals surface area (Å²) in [6.45, 7) is 2.80. The Kier molecular flexibility index (Phi) is 3.72. The summed E-state index contributed by atoms with van der Waals surface area (Å²) in [5, 5.41) is 6.71. The van der Waals surface area contributed by atoms with Crippen molar-refractivity contribution in [2.24, 2.45) is 5.73 Å². The Labute approximate surface area is 77.2 Å². The molecule has 0 amide bonds. The Morgan fingerprint density at radius 3 is 2.92 bits per heavy atom. The molecule has 1 heterocycles. The van der Waals surface area contributed by atoms with Crippen LogP contribution in [0, 0.1) is 6.92 Å². The number of hydrogen-bond donors (Lipinski definition) is 2. The van der Waals surface area contributed by atoms with Gasteiger partial charge in [0.25, 0.3) is 0 Å². The molecule has 3 N–H and O–H groups in total. The molecule has 0 aliphatic rings. The molecule has 0 aliphatic heterocycles. The van der Waals surface area contributed by atoms with Crippen molar-refractivity contribution in [2.45, 2.75) is 13.0 Å². The SMILES string of the molecule is COCC(CN)Oc1cc(C)[nH]n1. The van der Waals surface area contributed by atoms with Crippen LogP contribution in [0.1, 0.15) is 5.69 Å². The summed E-state index contributed by atoms with van der Waals surface area (Å²) < 4.78 is 10.4. The molecule has 1 aromatic rings. The van der Waals surface area contributed by atoms with Crippen molar-refractivity contribution in [3.8, 4) is 5.88 Å². The van der Waals surface area contributed by atoms with E-state index < -0.39 is 0 Å². The number of hydrogen-bond acceptors (Lipinski definition) is 4. The van der Waals surface area contributed by atoms with Crippen LogP contribution in [0.2, 0.25) is 0 Å². The molecule has 0 saturated heterocycles. The van der Waals surface area contributed by atoms with E-state index in [0.29, 0.717) is 19.0 Å². The van der Waals surface area contributed by atoms with E-state index in [1.165, 1.54) is 0 Å². The summed E-state index contributed by atoms with van der Waals surface area (Å²) in [5.74, 6) is 0.560. The van der Waals surface area contributed by atoms with E-state index >= 15 is 0 Å². The van der Waals surface area contributed by atoms with Gasteiger partial charge >= 0.3 is 0 Å². The zero-order chi connectivity index (χ0) is 9.68. The quantitative estimate of drug-likeness (QED) is 0.681. The monoisotopic (exact) mass is 185 g/mol. The van der Waals surface area contributed by atoms with Gasteiger partial charge in [0, 0.05) is 25.4 Å². The van der Waals surface area contributed by atoms with Crippen LogP contribution in [0.15, 0.2) is 6.07 Å². The molecular formula is C8H15N3O2. The molecule has 5 heteroatoms. The minimum absolute atomic E-state index is 0.132. The summed E-state index contributed by atoms with van der Waals surface area (Å²) >= 11 is 0. The summed E-state index contributed by atoms with van der Waals surface area (Å²) in [6, 6.07) is 1.82. The maximum absolute atomic E-state index is 5.47. The van der Waals surface area contributed by atoms with E-state index in [9.17, 15) is 0 Å². The van der Waals surface area contributed by atoms with Crippen LogP contribution in [0.25, 0.3) is 0 Å². The number of aromatic nitrogens is 2. The van der Waals surface area contributed by atoms with Crippen LogP contribution >= 0.6 is 0 Å². The fourth-order valence-electron chi connectivity index (χ4n) is 0.960. The predicted molar refractivity (Wildman–Crippen MR) is 48.7 cm³/mol. The van der Waals surface area contributed by atoms with E-state index in [1.54, 1.807) is 7.11 Å². The molecule has 1 aromatic heterocycles. The van der Waals surface area contributed by atoms with Gasteiger partial charge in [0.2, 0.25) is 5.88 Å². The van der Waals surface area contributed by atoms with Gasteiger partial charge in [0.15, 0.2) is 0 Å². The highest BCUT2D eigenvalue weighted by Crippen LogP contribution is 2.08. The van der Waals surface area contributed by atoms with Crippen LogP contribution in [0.4, 0.5) is 0 Å². The van der Waals surface area contributed by atoms with Gasteiger partial charge in [0.1, 0.15) is 6.10 Å². The average Bonchev–Trinajstić information content (AvgIpc) is 2.50. The molecule has 74 valence electrons. The van der Waals surface area contributed by atoms with Crippen LogP contribution in [-0.2, 0) is 4.74 Å². The van der Waals surface area contributed by atoms with Crippen molar-refractivity contribution in [3.63, 3.8) is 0 Å². The van der Waals surface area contributed by atoms with Gasteiger partial charge in [-0.15, -0.1) is 5.10 Å². The van der Waals surface area contributed by atoms with Gasteiger partial charge in [0.05, 0.1) is 6.61 Å². The zero-order valence-corrected chi connectivity index (χ0v) is 7.91. The third-order valence-electron chi connectivity index (χ3n) is 1.59. The average molecular weight is 185 g/mol. The molecule has 5 nitrogen and oxygen atoms in total. The van der Waals surface area contributed by atoms with Crippen molar-refractivity contribution >= 4 is 0 Å². The van der Waals surface area contributed by atoms with Gasteiger partial charge < -0.3 is 15.2 Å². The Morgan fingerprint density at radius 1 is 1.69 bits per heavy atom. The molecule has 1 atom stereocenters. The second-order valence-corrected chi connectivity index (χ2v) is 2.82. The summed E-state index contributed by atoms with van der Waals surface area (Å²) in [4.78, 5) is 0. The van der Waals surface area contributed by atoms with E-state index in [2.05, 4.69) is 10.2 Å². The Bertz CT molecular complexity index is 249. The first kappa shape index (κ1) is 10.0. The number of nitrogens with two attached hydrogens (primary N) is 1. The lowest BCUT2D eigenvalue weighted by Crippen LogP contribution is -2.31. The maximum Gasteiger partial charge on any atom is 0.233 e. The molecule has 0 aromatic carbocycles. The number of nitrogens with one attached hydrogen (secondary N) is 1. The highest BCUT2D eigenvalue weighted by Gasteiger charge is 2.09. The lowest BCUT2D eigenvalue weighted by atomic mass is 10.4. The van der Waals surface area contributed by atoms with Crippen LogP contribution in [-0.4, -0.2) is 36.6 Å². The van der Waals surface area contributed by atoms with E-state index in [-0.39, 0.29) is 6.10 Å². The van der Waals surface area contributed by atoms with Crippen molar-refractivity contribution in [1.82, 2.24) is 10.2 Å². The number of ether oxygens (including phenoxy) is 2. The second-order valence-electron chi connectivity index (χ2n) is 2.82. The molecule has 0 bridgehead atoms. The van der Waals surface area contributed by atoms with Crippen LogP contribution in [0.3, 0.4) is 0 Å². The third kappa shape index (κ3) is 3.04. The first-order chi connectivity index (χ1) is 6.26. The Hall–Kier alpha value is -1.07. The maximum atomic E-state index is 5.47. The normalized spacial score (nSPS) is 12.8. The second kappa shape index (κ2) is 4.84. The number of methoxy groups -OCH3 is 1. The van der Waals surface area contributed by atoms with Gasteiger partial charge in [-0.05, 0) is 6.92 Å². The standard InChI is InChI=1S/C8H15N3O2/c1-6-3-8(11-10-6)13-7(4-9)5-12-2/h3,7H,4-5,9H2,1-2H3,(H,10,11). The van der Waals surface area contributed by atoms with Crippen molar-refractivity contribution < 1.29 is 9.47 Å². The van der Waals surface area contributed by atoms with Gasteiger partial charge in [-0.3, -0.25) is 5.10 Å². The minimum Gasteiger partial charge on any atom is -0.469 e. The topological polar surface area (TPSA) is 73.2 Å². The lowest BCUT2D eigenvalue weighted by Gasteiger charge is -2.13. The number of nitrogens with zero attached hydrogens (tertiary/aromatic N) is 1. The number of aromatic amines is 1. The van der Waals surface area contributed by atoms with E-state index in [0.717, 1.165) is 5.69 Å². The summed E-state index contributed by atoms with van der Waals surface area (Å²) in [5.41, 5.74) is 6.43. The predicted octanol–water partition coefficient (Wildman–Crippen LogP) is 0.0706. The third-order valence-corrected chi connectivity index (χ3v) is 1.59. The van der Waals surface area contributed by atoms with E-state index in [1.807, 2.05) is 13.0 Å². The fraction of sp³-hybridized carbons (Fsp3) is 0.625. The highest BCUT2D eigenvalue weighted by atomic mass is 16.5. The lowest BCUT2D eigenvalue weighted by molar-refractivity contribution is 0.0829. The molecule has 0 fully saturated rings. The summed E-state index contributed by atoms with van der Waals surface area (Å²) in [6.07, 6.45) is -0.132. The van der Waals surface area contributed by atoms with Crippen LogP contribution in [0.5, 0.6) is 5.88 Å². The molecule has 1 unspecified atom stereocenters. The molecule has 0 spiro atoms. The number of rotatable bonds is 5. The molecule has 0 saturated carbocycles. The Morgan fingerprint density at radius 2 is 2.46 bits per heavy atom. The molecule has 0 radical (unpaired) electrons. The van der Waals surface area contributed by atoms with Gasteiger partial charge in [-0.2, -0.15) is 0 Å². The first-order valence-corrected chi connectivity index (χ1v) is 4.14. The van der Waals surface area contributed by atoms with E-state index in [4.69, 9.17) is 15.2 Å². The molecular weight excluding hydrogens is 170 g/mol. The van der Waals surface area contributed by atoms with Gasteiger partial charge in [-0.25, -0.2) is 0 Å². The first-order valence-electron chi connectivity index (χ1n) is 4.14. The van der Waals surface area contributed by atoms with Crippen molar-refractivity contribution in [2.75, 3.05) is 20.3 Å². The smallest absolute Gasteiger partial charge is 0.233 e. The van der Waals surface area contributed by atoms with Crippen LogP contribution < -0.4 is 10.5 Å². The summed E-state index contributed by atoms with van der Waals surface area (Å²) in [7, 11) is 1.61. The fourth-order valence-corrected chi connectivity index (χ4v) is 0.960. The highest BCUT2D eigenvalue weighted by molar-refractivity contribution is 5.12. The largest absolute Gasteiger partial charge is 0.469 e. The molecule has 1 rings (SSSR count). The molecule has 13 heavy (non-hydrogen) atoms. The number of H-pyrrole nitrogens is 1. The zero-order valence-electron chi connectivity index (χ0n) is 7.91. The Balaban J connectivity index is 2.46. The minimum atomic E-state index is -0.132. The van der Waals surface area contributed by atoms with Gasteiger partial charge in [-0.1, -0.05) is 0 Å². The number of aryl methyl sites for hydroxylation is 1. The van der Waals surface area contributed by atoms with Crippen molar-refractivity contribution in [1.29, 1.82) is 0 Å².